The lowest BCUT2D eigenvalue weighted by Crippen LogP contribution is -2.41. The number of hydrogen-bond donors (Lipinski definition) is 2. The molecule has 0 radical (unpaired) electrons. The first-order valence-electron chi connectivity index (χ1n) is 8.04. The van der Waals surface area contributed by atoms with Crippen LogP contribution in [0.4, 0.5) is 5.69 Å². The minimum Gasteiger partial charge on any atom is -0.325 e. The van der Waals surface area contributed by atoms with Crippen LogP contribution in [0.2, 0.25) is 0 Å². The molecular formula is C19H21BrN2O. The van der Waals surface area contributed by atoms with Crippen molar-refractivity contribution >= 4 is 27.5 Å². The van der Waals surface area contributed by atoms with Crippen molar-refractivity contribution in [1.82, 2.24) is 5.32 Å². The molecule has 0 fully saturated rings. The fraction of sp³-hybridized carbons (Fsp3) is 0.316. The van der Waals surface area contributed by atoms with Gasteiger partial charge in [0.2, 0.25) is 5.91 Å². The highest BCUT2D eigenvalue weighted by Gasteiger charge is 2.23. The van der Waals surface area contributed by atoms with Crippen LogP contribution >= 0.6 is 15.9 Å². The summed E-state index contributed by atoms with van der Waals surface area (Å²) in [7, 11) is 0. The topological polar surface area (TPSA) is 41.1 Å². The van der Waals surface area contributed by atoms with Gasteiger partial charge >= 0.3 is 0 Å². The molecule has 0 unspecified atom stereocenters. The molecule has 1 aliphatic carbocycles. The van der Waals surface area contributed by atoms with Crippen LogP contribution in [-0.2, 0) is 11.2 Å². The zero-order valence-electron chi connectivity index (χ0n) is 13.2. The van der Waals surface area contributed by atoms with E-state index in [9.17, 15) is 4.79 Å². The third-order valence-electron chi connectivity index (χ3n) is 4.33. The Morgan fingerprint density at radius 2 is 1.91 bits per heavy atom. The summed E-state index contributed by atoms with van der Waals surface area (Å²) in [5.74, 6) is -0.00428. The fourth-order valence-electron chi connectivity index (χ4n) is 3.09. The van der Waals surface area contributed by atoms with Gasteiger partial charge in [0.25, 0.3) is 0 Å². The molecule has 0 heterocycles. The van der Waals surface area contributed by atoms with Crippen molar-refractivity contribution in [3.63, 3.8) is 0 Å². The normalized spacial score (nSPS) is 18.1. The number of amides is 1. The molecule has 2 N–H and O–H groups in total. The monoisotopic (exact) mass is 372 g/mol. The second-order valence-corrected chi connectivity index (χ2v) is 6.94. The Morgan fingerprint density at radius 3 is 2.70 bits per heavy atom. The Balaban J connectivity index is 1.64. The molecule has 0 bridgehead atoms. The van der Waals surface area contributed by atoms with E-state index in [0.29, 0.717) is 0 Å². The molecule has 23 heavy (non-hydrogen) atoms. The molecule has 0 saturated heterocycles. The van der Waals surface area contributed by atoms with Crippen LogP contribution in [0.5, 0.6) is 0 Å². The van der Waals surface area contributed by atoms with E-state index in [-0.39, 0.29) is 18.0 Å². The lowest BCUT2D eigenvalue weighted by Gasteiger charge is -2.28. The number of hydrogen-bond acceptors (Lipinski definition) is 2. The zero-order chi connectivity index (χ0) is 16.2. The second kappa shape index (κ2) is 7.28. The molecule has 0 saturated carbocycles. The second-order valence-electron chi connectivity index (χ2n) is 6.03. The number of anilines is 1. The first-order valence-corrected chi connectivity index (χ1v) is 8.83. The summed E-state index contributed by atoms with van der Waals surface area (Å²) in [5, 5.41) is 6.45. The van der Waals surface area contributed by atoms with E-state index in [1.807, 2.05) is 31.2 Å². The van der Waals surface area contributed by atoms with Crippen LogP contribution in [0.3, 0.4) is 0 Å². The van der Waals surface area contributed by atoms with E-state index in [4.69, 9.17) is 0 Å². The minimum atomic E-state index is -0.241. The van der Waals surface area contributed by atoms with E-state index < -0.39 is 0 Å². The van der Waals surface area contributed by atoms with E-state index >= 15 is 0 Å². The molecule has 3 nitrogen and oxygen atoms in total. The van der Waals surface area contributed by atoms with E-state index in [1.165, 1.54) is 11.1 Å². The average Bonchev–Trinajstić information content (AvgIpc) is 2.57. The van der Waals surface area contributed by atoms with Crippen molar-refractivity contribution in [2.45, 2.75) is 38.3 Å². The molecule has 1 amide bonds. The highest BCUT2D eigenvalue weighted by Crippen LogP contribution is 2.29. The molecule has 2 atom stereocenters. The predicted molar refractivity (Wildman–Crippen MR) is 97.5 cm³/mol. The smallest absolute Gasteiger partial charge is 0.241 e. The van der Waals surface area contributed by atoms with Crippen LogP contribution in [0.25, 0.3) is 0 Å². The lowest BCUT2D eigenvalue weighted by molar-refractivity contribution is -0.118. The molecule has 120 valence electrons. The highest BCUT2D eigenvalue weighted by molar-refractivity contribution is 9.10. The van der Waals surface area contributed by atoms with Gasteiger partial charge in [-0.1, -0.05) is 40.2 Å². The lowest BCUT2D eigenvalue weighted by atomic mass is 9.87. The van der Waals surface area contributed by atoms with E-state index in [2.05, 4.69) is 50.8 Å². The number of nitrogens with one attached hydrogen (secondary N) is 2. The Morgan fingerprint density at radius 1 is 1.17 bits per heavy atom. The van der Waals surface area contributed by atoms with Gasteiger partial charge in [-0.2, -0.15) is 0 Å². The predicted octanol–water partition coefficient (Wildman–Crippen LogP) is 4.44. The molecule has 4 heteroatoms. The molecular weight excluding hydrogens is 352 g/mol. The van der Waals surface area contributed by atoms with E-state index in [1.54, 1.807) is 0 Å². The maximum absolute atomic E-state index is 12.4. The number of aryl methyl sites for hydroxylation is 1. The molecule has 2 aromatic carbocycles. The van der Waals surface area contributed by atoms with Gasteiger partial charge < -0.3 is 5.32 Å². The van der Waals surface area contributed by atoms with Crippen molar-refractivity contribution in [3.05, 3.63) is 64.1 Å². The first-order chi connectivity index (χ1) is 11.1. The Labute approximate surface area is 145 Å². The van der Waals surface area contributed by atoms with Gasteiger partial charge in [0.1, 0.15) is 0 Å². The molecule has 0 spiro atoms. The fourth-order valence-corrected chi connectivity index (χ4v) is 3.35. The summed E-state index contributed by atoms with van der Waals surface area (Å²) in [5.41, 5.74) is 3.55. The molecule has 0 aromatic heterocycles. The Hall–Kier alpha value is -1.65. The first kappa shape index (κ1) is 16.2. The average molecular weight is 373 g/mol. The molecule has 0 aliphatic heterocycles. The Kier molecular flexibility index (Phi) is 5.13. The van der Waals surface area contributed by atoms with Gasteiger partial charge in [-0.05, 0) is 61.6 Å². The van der Waals surface area contributed by atoms with E-state index in [0.717, 1.165) is 29.4 Å². The summed E-state index contributed by atoms with van der Waals surface area (Å²) >= 11 is 3.40. The SMILES string of the molecule is C[C@H](N[C@H]1CCCc2ccccc21)C(=O)Nc1ccc(Br)cc1. The summed E-state index contributed by atoms with van der Waals surface area (Å²) in [4.78, 5) is 12.4. The summed E-state index contributed by atoms with van der Waals surface area (Å²) in [6, 6.07) is 16.2. The van der Waals surface area contributed by atoms with Crippen molar-refractivity contribution in [2.75, 3.05) is 5.32 Å². The van der Waals surface area contributed by atoms with Crippen molar-refractivity contribution < 1.29 is 4.79 Å². The standard InChI is InChI=1S/C19H21BrN2O/c1-13(19(23)22-16-11-9-15(20)10-12-16)21-18-8-4-6-14-5-2-3-7-17(14)18/h2-3,5,7,9-13,18,21H,4,6,8H2,1H3,(H,22,23)/t13-,18-/m0/s1. The number of halogens is 1. The van der Waals surface area contributed by atoms with Gasteiger partial charge in [-0.3, -0.25) is 10.1 Å². The summed E-state index contributed by atoms with van der Waals surface area (Å²) < 4.78 is 1.00. The maximum Gasteiger partial charge on any atom is 0.241 e. The maximum atomic E-state index is 12.4. The number of carbonyl (C=O) groups excluding carboxylic acids is 1. The number of benzene rings is 2. The molecule has 3 rings (SSSR count). The largest absolute Gasteiger partial charge is 0.325 e. The minimum absolute atomic E-state index is 0.00428. The van der Waals surface area contributed by atoms with Gasteiger partial charge in [0.15, 0.2) is 0 Å². The zero-order valence-corrected chi connectivity index (χ0v) is 14.8. The molecule has 1 aliphatic rings. The third kappa shape index (κ3) is 4.01. The number of rotatable bonds is 4. The van der Waals surface area contributed by atoms with Gasteiger partial charge in [0, 0.05) is 16.2 Å². The Bertz CT molecular complexity index is 684. The summed E-state index contributed by atoms with van der Waals surface area (Å²) in [6.45, 7) is 1.92. The van der Waals surface area contributed by atoms with Crippen molar-refractivity contribution in [2.24, 2.45) is 0 Å². The quantitative estimate of drug-likeness (QED) is 0.832. The van der Waals surface area contributed by atoms with Crippen molar-refractivity contribution in [3.8, 4) is 0 Å². The van der Waals surface area contributed by atoms with Crippen molar-refractivity contribution in [1.29, 1.82) is 0 Å². The number of carbonyl (C=O) groups is 1. The van der Waals surface area contributed by atoms with Crippen LogP contribution < -0.4 is 10.6 Å². The number of fused-ring (bicyclic) bond motifs is 1. The van der Waals surface area contributed by atoms with Crippen LogP contribution in [-0.4, -0.2) is 11.9 Å². The third-order valence-corrected chi connectivity index (χ3v) is 4.85. The van der Waals surface area contributed by atoms with Gasteiger partial charge in [-0.15, -0.1) is 0 Å². The van der Waals surface area contributed by atoms with Gasteiger partial charge in [-0.25, -0.2) is 0 Å². The van der Waals surface area contributed by atoms with Crippen LogP contribution in [0, 0.1) is 0 Å². The van der Waals surface area contributed by atoms with Crippen LogP contribution in [0.15, 0.2) is 53.0 Å². The molecule has 2 aromatic rings. The highest BCUT2D eigenvalue weighted by atomic mass is 79.9. The summed E-state index contributed by atoms with van der Waals surface area (Å²) in [6.07, 6.45) is 3.37. The van der Waals surface area contributed by atoms with Gasteiger partial charge in [0.05, 0.1) is 6.04 Å². The van der Waals surface area contributed by atoms with Crippen LogP contribution in [0.1, 0.15) is 36.9 Å².